The first kappa shape index (κ1) is 18.2. The second-order valence-electron chi connectivity index (χ2n) is 5.94. The normalized spacial score (nSPS) is 13.2. The standard InChI is InChI=1S/C19H21ClN2O2/c1-12(15-4-8-17(20)9-5-15)21-13(2)19(24)22-18-10-6-16(7-11-18)14(3)23/h4-13,21H,1-3H3,(H,22,24)/p+1/t12-,13+/m1/s1. The molecule has 0 unspecified atom stereocenters. The van der Waals surface area contributed by atoms with Crippen LogP contribution in [-0.2, 0) is 4.79 Å². The van der Waals surface area contributed by atoms with Crippen LogP contribution in [0.5, 0.6) is 0 Å². The van der Waals surface area contributed by atoms with Gasteiger partial charge in [-0.15, -0.1) is 0 Å². The van der Waals surface area contributed by atoms with Crippen molar-refractivity contribution in [2.45, 2.75) is 32.9 Å². The van der Waals surface area contributed by atoms with Gasteiger partial charge < -0.3 is 10.6 Å². The minimum atomic E-state index is -0.247. The number of hydrogen-bond donors (Lipinski definition) is 2. The van der Waals surface area contributed by atoms with Crippen LogP contribution in [0.3, 0.4) is 0 Å². The summed E-state index contributed by atoms with van der Waals surface area (Å²) < 4.78 is 0. The molecule has 1 amide bonds. The zero-order valence-corrected chi connectivity index (χ0v) is 14.8. The number of nitrogens with two attached hydrogens (primary N) is 1. The van der Waals surface area contributed by atoms with E-state index < -0.39 is 0 Å². The van der Waals surface area contributed by atoms with Crippen LogP contribution in [-0.4, -0.2) is 17.7 Å². The lowest BCUT2D eigenvalue weighted by molar-refractivity contribution is -0.709. The van der Waals surface area contributed by atoms with Gasteiger partial charge >= 0.3 is 0 Å². The largest absolute Gasteiger partial charge is 0.330 e. The second kappa shape index (κ2) is 8.08. The maximum absolute atomic E-state index is 12.3. The Hall–Kier alpha value is -2.17. The Morgan fingerprint density at radius 1 is 1.00 bits per heavy atom. The molecule has 2 aromatic rings. The van der Waals surface area contributed by atoms with E-state index in [1.165, 1.54) is 6.92 Å². The topological polar surface area (TPSA) is 62.8 Å². The van der Waals surface area contributed by atoms with Crippen molar-refractivity contribution in [2.75, 3.05) is 5.32 Å². The Balaban J connectivity index is 1.93. The third-order valence-electron chi connectivity index (χ3n) is 3.95. The summed E-state index contributed by atoms with van der Waals surface area (Å²) in [6.07, 6.45) is 0. The highest BCUT2D eigenvalue weighted by atomic mass is 35.5. The zero-order chi connectivity index (χ0) is 17.7. The third-order valence-corrected chi connectivity index (χ3v) is 4.20. The highest BCUT2D eigenvalue weighted by Gasteiger charge is 2.20. The molecular formula is C19H22ClN2O2+. The summed E-state index contributed by atoms with van der Waals surface area (Å²) >= 11 is 5.90. The van der Waals surface area contributed by atoms with Crippen LogP contribution in [0, 0.1) is 0 Å². The van der Waals surface area contributed by atoms with Crippen LogP contribution in [0.1, 0.15) is 42.7 Å². The third kappa shape index (κ3) is 4.91. The molecule has 2 rings (SSSR count). The van der Waals surface area contributed by atoms with Gasteiger partial charge in [-0.2, -0.15) is 0 Å². The molecule has 4 nitrogen and oxygen atoms in total. The molecule has 2 atom stereocenters. The number of quaternary nitrogens is 1. The molecule has 0 aliphatic heterocycles. The van der Waals surface area contributed by atoms with Crippen molar-refractivity contribution >= 4 is 29.0 Å². The van der Waals surface area contributed by atoms with Gasteiger partial charge in [0.25, 0.3) is 5.91 Å². The molecule has 2 aromatic carbocycles. The first-order valence-corrected chi connectivity index (χ1v) is 8.27. The number of ketones is 1. The number of hydrogen-bond acceptors (Lipinski definition) is 2. The fourth-order valence-corrected chi connectivity index (χ4v) is 2.57. The molecule has 0 spiro atoms. The lowest BCUT2D eigenvalue weighted by atomic mass is 10.1. The summed E-state index contributed by atoms with van der Waals surface area (Å²) in [5.41, 5.74) is 2.43. The maximum atomic E-state index is 12.3. The van der Waals surface area contributed by atoms with E-state index in [2.05, 4.69) is 12.2 Å². The molecule has 3 N–H and O–H groups in total. The van der Waals surface area contributed by atoms with Crippen LogP contribution in [0.2, 0.25) is 5.02 Å². The van der Waals surface area contributed by atoms with Gasteiger partial charge in [-0.05, 0) is 57.2 Å². The van der Waals surface area contributed by atoms with Gasteiger partial charge in [-0.25, -0.2) is 0 Å². The summed E-state index contributed by atoms with van der Waals surface area (Å²) in [4.78, 5) is 23.6. The van der Waals surface area contributed by atoms with Gasteiger partial charge in [0.05, 0.1) is 0 Å². The smallest absolute Gasteiger partial charge is 0.282 e. The monoisotopic (exact) mass is 345 g/mol. The molecule has 0 radical (unpaired) electrons. The van der Waals surface area contributed by atoms with E-state index in [-0.39, 0.29) is 23.8 Å². The average molecular weight is 346 g/mol. The number of carbonyl (C=O) groups excluding carboxylic acids is 2. The number of halogens is 1. The number of Topliss-reactive ketones (excluding diaryl/α,β-unsaturated/α-hetero) is 1. The summed E-state index contributed by atoms with van der Waals surface area (Å²) in [5, 5.41) is 5.57. The average Bonchev–Trinajstić information content (AvgIpc) is 2.55. The van der Waals surface area contributed by atoms with Crippen molar-refractivity contribution in [1.29, 1.82) is 0 Å². The molecule has 0 bridgehead atoms. The SMILES string of the molecule is CC(=O)c1ccc(NC(=O)[C@H](C)[NH2+][C@H](C)c2ccc(Cl)cc2)cc1. The molecule has 0 aliphatic rings. The first-order chi connectivity index (χ1) is 11.4. The molecule has 0 aliphatic carbocycles. The number of anilines is 1. The highest BCUT2D eigenvalue weighted by molar-refractivity contribution is 6.30. The van der Waals surface area contributed by atoms with Gasteiger partial charge in [0, 0.05) is 21.8 Å². The van der Waals surface area contributed by atoms with Crippen LogP contribution in [0.4, 0.5) is 5.69 Å². The van der Waals surface area contributed by atoms with E-state index in [1.54, 1.807) is 24.3 Å². The van der Waals surface area contributed by atoms with E-state index in [0.29, 0.717) is 16.3 Å². The highest BCUT2D eigenvalue weighted by Crippen LogP contribution is 2.14. The lowest BCUT2D eigenvalue weighted by Gasteiger charge is -2.17. The van der Waals surface area contributed by atoms with Crippen LogP contribution in [0.25, 0.3) is 0 Å². The number of carbonyl (C=O) groups is 2. The first-order valence-electron chi connectivity index (χ1n) is 7.89. The molecular weight excluding hydrogens is 324 g/mol. The van der Waals surface area contributed by atoms with E-state index in [1.807, 2.05) is 36.5 Å². The Morgan fingerprint density at radius 3 is 2.12 bits per heavy atom. The van der Waals surface area contributed by atoms with Crippen molar-refractivity contribution in [1.82, 2.24) is 0 Å². The second-order valence-corrected chi connectivity index (χ2v) is 6.38. The predicted molar refractivity (Wildman–Crippen MR) is 96.3 cm³/mol. The van der Waals surface area contributed by atoms with E-state index >= 15 is 0 Å². The Kier molecular flexibility index (Phi) is 6.12. The number of benzene rings is 2. The van der Waals surface area contributed by atoms with Crippen LogP contribution in [0.15, 0.2) is 48.5 Å². The van der Waals surface area contributed by atoms with Crippen molar-refractivity contribution in [3.05, 3.63) is 64.7 Å². The summed E-state index contributed by atoms with van der Waals surface area (Å²) in [6, 6.07) is 14.4. The quantitative estimate of drug-likeness (QED) is 0.790. The Morgan fingerprint density at radius 2 is 1.58 bits per heavy atom. The molecule has 5 heteroatoms. The van der Waals surface area contributed by atoms with Crippen molar-refractivity contribution in [3.8, 4) is 0 Å². The molecule has 0 saturated carbocycles. The number of rotatable bonds is 6. The molecule has 0 saturated heterocycles. The number of amides is 1. The fourth-order valence-electron chi connectivity index (χ4n) is 2.44. The van der Waals surface area contributed by atoms with Gasteiger partial charge in [0.2, 0.25) is 0 Å². The van der Waals surface area contributed by atoms with Crippen molar-refractivity contribution < 1.29 is 14.9 Å². The van der Waals surface area contributed by atoms with Crippen LogP contribution < -0.4 is 10.6 Å². The van der Waals surface area contributed by atoms with Gasteiger partial charge in [0.1, 0.15) is 6.04 Å². The van der Waals surface area contributed by atoms with Gasteiger partial charge in [0.15, 0.2) is 11.8 Å². The minimum absolute atomic E-state index is 0.00590. The molecule has 24 heavy (non-hydrogen) atoms. The van der Waals surface area contributed by atoms with E-state index in [4.69, 9.17) is 11.6 Å². The summed E-state index contributed by atoms with van der Waals surface area (Å²) in [6.45, 7) is 5.43. The zero-order valence-electron chi connectivity index (χ0n) is 14.0. The molecule has 0 fully saturated rings. The molecule has 126 valence electrons. The van der Waals surface area contributed by atoms with Crippen molar-refractivity contribution in [3.63, 3.8) is 0 Å². The summed E-state index contributed by atoms with van der Waals surface area (Å²) in [7, 11) is 0. The maximum Gasteiger partial charge on any atom is 0.282 e. The van der Waals surface area contributed by atoms with Crippen LogP contribution >= 0.6 is 11.6 Å². The van der Waals surface area contributed by atoms with E-state index in [9.17, 15) is 9.59 Å². The van der Waals surface area contributed by atoms with E-state index in [0.717, 1.165) is 5.56 Å². The molecule has 0 aromatic heterocycles. The Labute approximate surface area is 147 Å². The van der Waals surface area contributed by atoms with Gasteiger partial charge in [-0.1, -0.05) is 23.7 Å². The minimum Gasteiger partial charge on any atom is -0.330 e. The fraction of sp³-hybridized carbons (Fsp3) is 0.263. The van der Waals surface area contributed by atoms with Gasteiger partial charge in [-0.3, -0.25) is 9.59 Å². The predicted octanol–water partition coefficient (Wildman–Crippen LogP) is 3.19. The van der Waals surface area contributed by atoms with Crippen molar-refractivity contribution in [2.24, 2.45) is 0 Å². The summed E-state index contributed by atoms with van der Waals surface area (Å²) in [5.74, 6) is -0.0715. The lowest BCUT2D eigenvalue weighted by Crippen LogP contribution is -2.91. The Bertz CT molecular complexity index is 711. The molecule has 0 heterocycles. The number of nitrogens with one attached hydrogen (secondary N) is 1.